The first-order valence-corrected chi connectivity index (χ1v) is 9.17. The van der Waals surface area contributed by atoms with Crippen molar-refractivity contribution in [1.29, 1.82) is 0 Å². The van der Waals surface area contributed by atoms with Gasteiger partial charge in [-0.1, -0.05) is 18.2 Å². The van der Waals surface area contributed by atoms with Gasteiger partial charge in [0.05, 0.1) is 6.54 Å². The second-order valence-corrected chi connectivity index (χ2v) is 7.31. The molecule has 0 unspecified atom stereocenters. The Kier molecular flexibility index (Phi) is 4.36. The zero-order valence-corrected chi connectivity index (χ0v) is 15.6. The number of likely N-dealkylation sites (N-methyl/N-ethyl adjacent to an activating group) is 1. The Labute approximate surface area is 154 Å². The summed E-state index contributed by atoms with van der Waals surface area (Å²) in [5.74, 6) is 1.98. The fraction of sp³-hybridized carbons (Fsp3) is 0.450. The topological polar surface area (TPSA) is 52.6 Å². The number of anilines is 2. The number of carbonyl (C=O) groups excluding carboxylic acids is 1. The van der Waals surface area contributed by atoms with Crippen molar-refractivity contribution in [3.05, 3.63) is 47.4 Å². The van der Waals surface area contributed by atoms with Crippen LogP contribution in [0.25, 0.3) is 0 Å². The molecule has 0 bridgehead atoms. The van der Waals surface area contributed by atoms with E-state index in [0.29, 0.717) is 12.6 Å². The van der Waals surface area contributed by atoms with E-state index < -0.39 is 0 Å². The minimum Gasteiger partial charge on any atom is -0.353 e. The van der Waals surface area contributed by atoms with Gasteiger partial charge in [-0.15, -0.1) is 0 Å². The second kappa shape index (κ2) is 6.68. The van der Waals surface area contributed by atoms with Gasteiger partial charge >= 0.3 is 0 Å². The van der Waals surface area contributed by atoms with Crippen LogP contribution in [0.3, 0.4) is 0 Å². The van der Waals surface area contributed by atoms with Crippen LogP contribution in [0.15, 0.2) is 30.3 Å². The standard InChI is InChI=1S/C20H25N5O/c1-14-10-19(22-15(2)21-14)24-11-17(12-24)23(3)13-20(26)25-9-8-16-6-4-5-7-18(16)25/h4-7,10,17H,8-9,11-13H2,1-3H3. The molecule has 2 aromatic rings. The largest absolute Gasteiger partial charge is 0.353 e. The van der Waals surface area contributed by atoms with Crippen molar-refractivity contribution >= 4 is 17.4 Å². The molecule has 0 N–H and O–H groups in total. The Bertz CT molecular complexity index is 810. The SMILES string of the molecule is Cc1cc(N2CC(N(C)CC(=O)N3CCc4ccccc43)C2)nc(C)n1. The van der Waals surface area contributed by atoms with E-state index in [1.807, 2.05) is 50.1 Å². The minimum absolute atomic E-state index is 0.185. The van der Waals surface area contributed by atoms with Crippen LogP contribution in [0.1, 0.15) is 17.1 Å². The fourth-order valence-electron chi connectivity index (χ4n) is 3.81. The number of amides is 1. The third-order valence-corrected chi connectivity index (χ3v) is 5.33. The molecule has 2 aliphatic rings. The average molecular weight is 351 g/mol. The number of aryl methyl sites for hydroxylation is 2. The quantitative estimate of drug-likeness (QED) is 0.841. The molecule has 0 radical (unpaired) electrons. The number of nitrogens with zero attached hydrogens (tertiary/aromatic N) is 5. The highest BCUT2D eigenvalue weighted by atomic mass is 16.2. The first kappa shape index (κ1) is 17.0. The first-order chi connectivity index (χ1) is 12.5. The van der Waals surface area contributed by atoms with Crippen LogP contribution in [-0.4, -0.2) is 60.0 Å². The van der Waals surface area contributed by atoms with Gasteiger partial charge in [-0.3, -0.25) is 9.69 Å². The van der Waals surface area contributed by atoms with Gasteiger partial charge in [0, 0.05) is 43.1 Å². The maximum Gasteiger partial charge on any atom is 0.241 e. The normalized spacial score (nSPS) is 16.8. The molecular weight excluding hydrogens is 326 g/mol. The molecule has 1 saturated heterocycles. The van der Waals surface area contributed by atoms with E-state index in [9.17, 15) is 4.79 Å². The lowest BCUT2D eigenvalue weighted by molar-refractivity contribution is -0.119. The van der Waals surface area contributed by atoms with Crippen molar-refractivity contribution in [3.63, 3.8) is 0 Å². The van der Waals surface area contributed by atoms with E-state index in [2.05, 4.69) is 25.8 Å². The van der Waals surface area contributed by atoms with Crippen molar-refractivity contribution < 1.29 is 4.79 Å². The van der Waals surface area contributed by atoms with Gasteiger partial charge in [0.25, 0.3) is 0 Å². The van der Waals surface area contributed by atoms with Crippen LogP contribution in [0.2, 0.25) is 0 Å². The molecule has 1 aromatic carbocycles. The number of hydrogen-bond acceptors (Lipinski definition) is 5. The number of aromatic nitrogens is 2. The third kappa shape index (κ3) is 3.17. The fourth-order valence-corrected chi connectivity index (χ4v) is 3.81. The lowest BCUT2D eigenvalue weighted by Crippen LogP contribution is -2.60. The molecule has 26 heavy (non-hydrogen) atoms. The second-order valence-electron chi connectivity index (χ2n) is 7.31. The Morgan fingerprint density at radius 1 is 1.23 bits per heavy atom. The molecule has 3 heterocycles. The zero-order valence-electron chi connectivity index (χ0n) is 15.6. The summed E-state index contributed by atoms with van der Waals surface area (Å²) in [6.45, 7) is 6.96. The maximum atomic E-state index is 12.8. The lowest BCUT2D eigenvalue weighted by Gasteiger charge is -2.44. The van der Waals surface area contributed by atoms with Crippen LogP contribution < -0.4 is 9.80 Å². The van der Waals surface area contributed by atoms with Crippen molar-refractivity contribution in [3.8, 4) is 0 Å². The molecule has 0 aliphatic carbocycles. The molecule has 0 saturated carbocycles. The Morgan fingerprint density at radius 3 is 2.77 bits per heavy atom. The van der Waals surface area contributed by atoms with E-state index >= 15 is 0 Å². The van der Waals surface area contributed by atoms with Crippen LogP contribution in [0, 0.1) is 13.8 Å². The molecule has 4 rings (SSSR count). The number of benzene rings is 1. The molecule has 0 atom stereocenters. The average Bonchev–Trinajstić information content (AvgIpc) is 2.96. The van der Waals surface area contributed by atoms with Gasteiger partial charge in [0.1, 0.15) is 11.6 Å². The first-order valence-electron chi connectivity index (χ1n) is 9.17. The van der Waals surface area contributed by atoms with Gasteiger partial charge in [0.15, 0.2) is 0 Å². The zero-order chi connectivity index (χ0) is 18.3. The summed E-state index contributed by atoms with van der Waals surface area (Å²) in [6, 6.07) is 10.6. The Morgan fingerprint density at radius 2 is 2.00 bits per heavy atom. The minimum atomic E-state index is 0.185. The number of rotatable bonds is 4. The van der Waals surface area contributed by atoms with Crippen molar-refractivity contribution in [1.82, 2.24) is 14.9 Å². The predicted octanol–water partition coefficient (Wildman–Crippen LogP) is 1.80. The van der Waals surface area contributed by atoms with Crippen molar-refractivity contribution in [2.75, 3.05) is 43.0 Å². The molecule has 2 aliphatic heterocycles. The molecule has 1 amide bonds. The molecule has 136 valence electrons. The maximum absolute atomic E-state index is 12.8. The highest BCUT2D eigenvalue weighted by Gasteiger charge is 2.33. The van der Waals surface area contributed by atoms with Gasteiger partial charge < -0.3 is 9.80 Å². The molecular formula is C20H25N5O. The number of fused-ring (bicyclic) bond motifs is 1. The number of hydrogen-bond donors (Lipinski definition) is 0. The van der Waals surface area contributed by atoms with Crippen LogP contribution >= 0.6 is 0 Å². The van der Waals surface area contributed by atoms with E-state index in [-0.39, 0.29) is 5.91 Å². The molecule has 1 aromatic heterocycles. The van der Waals surface area contributed by atoms with E-state index in [0.717, 1.165) is 49.1 Å². The molecule has 6 nitrogen and oxygen atoms in total. The van der Waals surface area contributed by atoms with E-state index in [4.69, 9.17) is 0 Å². The number of para-hydroxylation sites is 1. The summed E-state index contributed by atoms with van der Waals surface area (Å²) < 4.78 is 0. The van der Waals surface area contributed by atoms with Crippen molar-refractivity contribution in [2.45, 2.75) is 26.3 Å². The monoisotopic (exact) mass is 351 g/mol. The summed E-state index contributed by atoms with van der Waals surface area (Å²) in [6.07, 6.45) is 0.954. The summed E-state index contributed by atoms with van der Waals surface area (Å²) in [5.41, 5.74) is 3.34. The van der Waals surface area contributed by atoms with Crippen LogP contribution in [0.5, 0.6) is 0 Å². The van der Waals surface area contributed by atoms with Crippen molar-refractivity contribution in [2.24, 2.45) is 0 Å². The lowest BCUT2D eigenvalue weighted by atomic mass is 10.1. The highest BCUT2D eigenvalue weighted by molar-refractivity contribution is 5.96. The van der Waals surface area contributed by atoms with Gasteiger partial charge in [-0.05, 0) is 38.9 Å². The smallest absolute Gasteiger partial charge is 0.241 e. The third-order valence-electron chi connectivity index (χ3n) is 5.33. The summed E-state index contributed by atoms with van der Waals surface area (Å²) in [4.78, 5) is 28.0. The van der Waals surface area contributed by atoms with Gasteiger partial charge in [-0.2, -0.15) is 0 Å². The summed E-state index contributed by atoms with van der Waals surface area (Å²) in [5, 5.41) is 0. The van der Waals surface area contributed by atoms with Gasteiger partial charge in [0.2, 0.25) is 5.91 Å². The number of carbonyl (C=O) groups is 1. The summed E-state index contributed by atoms with van der Waals surface area (Å²) in [7, 11) is 2.04. The Hall–Kier alpha value is -2.47. The Balaban J connectivity index is 1.34. The predicted molar refractivity (Wildman–Crippen MR) is 103 cm³/mol. The van der Waals surface area contributed by atoms with Gasteiger partial charge in [-0.25, -0.2) is 9.97 Å². The molecule has 0 spiro atoms. The highest BCUT2D eigenvalue weighted by Crippen LogP contribution is 2.28. The van der Waals surface area contributed by atoms with E-state index in [1.54, 1.807) is 0 Å². The summed E-state index contributed by atoms with van der Waals surface area (Å²) >= 11 is 0. The van der Waals surface area contributed by atoms with Crippen LogP contribution in [-0.2, 0) is 11.2 Å². The van der Waals surface area contributed by atoms with E-state index in [1.165, 1.54) is 5.56 Å². The molecule has 1 fully saturated rings. The van der Waals surface area contributed by atoms with Crippen LogP contribution in [0.4, 0.5) is 11.5 Å². The molecule has 6 heteroatoms.